The molecule has 0 bridgehead atoms. The van der Waals surface area contributed by atoms with Gasteiger partial charge in [0.05, 0.1) is 0 Å². The molecule has 0 spiro atoms. The molecule has 0 aliphatic carbocycles. The first-order valence-corrected chi connectivity index (χ1v) is 8.90. The summed E-state index contributed by atoms with van der Waals surface area (Å²) in [5.74, 6) is 2.24. The standard InChI is InChI=1S/C18H28N4O.ClH/c1-14-6-10-22(11-7-14)17-3-2-15(12-20-17)13-21-18(23)16-4-8-19-9-5-16;/h2-3,12,14,16,19H,4-11,13H2,1H3,(H,21,23);1H. The summed E-state index contributed by atoms with van der Waals surface area (Å²) in [4.78, 5) is 19.1. The summed E-state index contributed by atoms with van der Waals surface area (Å²) >= 11 is 0. The van der Waals surface area contributed by atoms with E-state index in [-0.39, 0.29) is 24.2 Å². The van der Waals surface area contributed by atoms with Crippen LogP contribution in [0.2, 0.25) is 0 Å². The maximum atomic E-state index is 12.1. The van der Waals surface area contributed by atoms with Crippen LogP contribution in [0.15, 0.2) is 18.3 Å². The van der Waals surface area contributed by atoms with Crippen LogP contribution in [0.25, 0.3) is 0 Å². The molecule has 3 heterocycles. The van der Waals surface area contributed by atoms with Crippen molar-refractivity contribution in [2.24, 2.45) is 11.8 Å². The Balaban J connectivity index is 0.00000208. The number of hydrogen-bond acceptors (Lipinski definition) is 4. The summed E-state index contributed by atoms with van der Waals surface area (Å²) in [6, 6.07) is 4.17. The lowest BCUT2D eigenvalue weighted by Crippen LogP contribution is -2.37. The van der Waals surface area contributed by atoms with Crippen molar-refractivity contribution in [3.05, 3.63) is 23.9 Å². The van der Waals surface area contributed by atoms with Gasteiger partial charge in [-0.15, -0.1) is 12.4 Å². The number of carbonyl (C=O) groups is 1. The topological polar surface area (TPSA) is 57.3 Å². The molecule has 2 saturated heterocycles. The molecule has 24 heavy (non-hydrogen) atoms. The number of hydrogen-bond donors (Lipinski definition) is 2. The summed E-state index contributed by atoms with van der Waals surface area (Å²) in [7, 11) is 0. The van der Waals surface area contributed by atoms with Gasteiger partial charge in [-0.05, 0) is 56.3 Å². The third-order valence-electron chi connectivity index (χ3n) is 5.09. The van der Waals surface area contributed by atoms with Crippen molar-refractivity contribution in [1.82, 2.24) is 15.6 Å². The smallest absolute Gasteiger partial charge is 0.223 e. The van der Waals surface area contributed by atoms with Crippen molar-refractivity contribution in [2.45, 2.75) is 39.2 Å². The van der Waals surface area contributed by atoms with E-state index in [2.05, 4.69) is 39.6 Å². The van der Waals surface area contributed by atoms with Crippen LogP contribution in [0.1, 0.15) is 38.2 Å². The first kappa shape index (κ1) is 19.0. The highest BCUT2D eigenvalue weighted by Crippen LogP contribution is 2.21. The van der Waals surface area contributed by atoms with E-state index >= 15 is 0 Å². The Labute approximate surface area is 151 Å². The second-order valence-corrected chi connectivity index (χ2v) is 6.94. The molecule has 1 aromatic rings. The Morgan fingerprint density at radius 1 is 1.25 bits per heavy atom. The number of anilines is 1. The number of pyridine rings is 1. The van der Waals surface area contributed by atoms with Gasteiger partial charge < -0.3 is 15.5 Å². The summed E-state index contributed by atoms with van der Waals surface area (Å²) in [5.41, 5.74) is 1.07. The predicted molar refractivity (Wildman–Crippen MR) is 99.5 cm³/mol. The van der Waals surface area contributed by atoms with Crippen molar-refractivity contribution in [3.8, 4) is 0 Å². The van der Waals surface area contributed by atoms with Crippen molar-refractivity contribution >= 4 is 24.1 Å². The highest BCUT2D eigenvalue weighted by Gasteiger charge is 2.20. The van der Waals surface area contributed by atoms with Crippen molar-refractivity contribution < 1.29 is 4.79 Å². The molecule has 134 valence electrons. The van der Waals surface area contributed by atoms with Gasteiger partial charge in [-0.3, -0.25) is 4.79 Å². The molecule has 0 atom stereocenters. The minimum atomic E-state index is 0. The quantitative estimate of drug-likeness (QED) is 0.873. The van der Waals surface area contributed by atoms with Gasteiger partial charge in [0.25, 0.3) is 0 Å². The lowest BCUT2D eigenvalue weighted by Gasteiger charge is -2.31. The Kier molecular flexibility index (Phi) is 7.31. The number of nitrogens with one attached hydrogen (secondary N) is 2. The Morgan fingerprint density at radius 2 is 1.96 bits per heavy atom. The molecule has 0 aromatic carbocycles. The van der Waals surface area contributed by atoms with Crippen LogP contribution in [-0.2, 0) is 11.3 Å². The van der Waals surface area contributed by atoms with Crippen molar-refractivity contribution in [3.63, 3.8) is 0 Å². The van der Waals surface area contributed by atoms with Crippen LogP contribution < -0.4 is 15.5 Å². The number of piperidine rings is 2. The zero-order valence-corrected chi connectivity index (χ0v) is 15.3. The van der Waals surface area contributed by atoms with Crippen LogP contribution in [0.5, 0.6) is 0 Å². The molecular formula is C18H29ClN4O. The first-order valence-electron chi connectivity index (χ1n) is 8.90. The average Bonchev–Trinajstić information content (AvgIpc) is 2.61. The van der Waals surface area contributed by atoms with Gasteiger partial charge in [0, 0.05) is 31.7 Å². The Bertz CT molecular complexity index is 508. The molecule has 6 heteroatoms. The first-order chi connectivity index (χ1) is 11.2. The number of aromatic nitrogens is 1. The number of rotatable bonds is 4. The van der Waals surface area contributed by atoms with Gasteiger partial charge in [0.1, 0.15) is 5.82 Å². The third-order valence-corrected chi connectivity index (χ3v) is 5.09. The molecule has 0 radical (unpaired) electrons. The summed E-state index contributed by atoms with van der Waals surface area (Å²) in [5, 5.41) is 6.34. The van der Waals surface area contributed by atoms with E-state index in [0.717, 1.165) is 56.3 Å². The van der Waals surface area contributed by atoms with E-state index in [0.29, 0.717) is 6.54 Å². The van der Waals surface area contributed by atoms with Gasteiger partial charge >= 0.3 is 0 Å². The maximum absolute atomic E-state index is 12.1. The fraction of sp³-hybridized carbons (Fsp3) is 0.667. The minimum absolute atomic E-state index is 0. The van der Waals surface area contributed by atoms with Gasteiger partial charge in [-0.1, -0.05) is 13.0 Å². The van der Waals surface area contributed by atoms with Gasteiger partial charge in [0.2, 0.25) is 5.91 Å². The fourth-order valence-corrected chi connectivity index (χ4v) is 3.36. The van der Waals surface area contributed by atoms with Crippen molar-refractivity contribution in [2.75, 3.05) is 31.1 Å². The van der Waals surface area contributed by atoms with Crippen LogP contribution in [0.3, 0.4) is 0 Å². The Hall–Kier alpha value is -1.33. The molecule has 0 unspecified atom stereocenters. The number of amides is 1. The monoisotopic (exact) mass is 352 g/mol. The predicted octanol–water partition coefficient (Wildman–Crippen LogP) is 2.36. The zero-order chi connectivity index (χ0) is 16.1. The van der Waals surface area contributed by atoms with Crippen LogP contribution in [0.4, 0.5) is 5.82 Å². The van der Waals surface area contributed by atoms with Gasteiger partial charge in [-0.25, -0.2) is 4.98 Å². The zero-order valence-electron chi connectivity index (χ0n) is 14.5. The molecule has 0 saturated carbocycles. The largest absolute Gasteiger partial charge is 0.357 e. The van der Waals surface area contributed by atoms with Gasteiger partial charge in [0.15, 0.2) is 0 Å². The van der Waals surface area contributed by atoms with Gasteiger partial charge in [-0.2, -0.15) is 0 Å². The lowest BCUT2D eigenvalue weighted by atomic mass is 9.97. The van der Waals surface area contributed by atoms with Crippen LogP contribution in [0, 0.1) is 11.8 Å². The van der Waals surface area contributed by atoms with E-state index in [9.17, 15) is 4.79 Å². The molecule has 3 rings (SSSR count). The third kappa shape index (κ3) is 5.08. The van der Waals surface area contributed by atoms with Crippen LogP contribution >= 0.6 is 12.4 Å². The van der Waals surface area contributed by atoms with E-state index < -0.39 is 0 Å². The van der Waals surface area contributed by atoms with E-state index in [1.54, 1.807) is 0 Å². The number of carbonyl (C=O) groups excluding carboxylic acids is 1. The second kappa shape index (κ2) is 9.23. The number of nitrogens with zero attached hydrogens (tertiary/aromatic N) is 2. The Morgan fingerprint density at radius 3 is 2.58 bits per heavy atom. The normalized spacial score (nSPS) is 19.6. The SMILES string of the molecule is CC1CCN(c2ccc(CNC(=O)C3CCNCC3)cn2)CC1.Cl. The van der Waals surface area contributed by atoms with Crippen LogP contribution in [-0.4, -0.2) is 37.1 Å². The lowest BCUT2D eigenvalue weighted by molar-refractivity contribution is -0.125. The average molecular weight is 353 g/mol. The molecule has 5 nitrogen and oxygen atoms in total. The minimum Gasteiger partial charge on any atom is -0.357 e. The maximum Gasteiger partial charge on any atom is 0.223 e. The molecule has 2 fully saturated rings. The summed E-state index contributed by atoms with van der Waals surface area (Å²) in [6.45, 7) is 6.98. The molecular weight excluding hydrogens is 324 g/mol. The van der Waals surface area contributed by atoms with E-state index in [1.807, 2.05) is 6.20 Å². The molecule has 1 aromatic heterocycles. The highest BCUT2D eigenvalue weighted by molar-refractivity contribution is 5.85. The number of halogens is 1. The van der Waals surface area contributed by atoms with Crippen molar-refractivity contribution in [1.29, 1.82) is 0 Å². The summed E-state index contributed by atoms with van der Waals surface area (Å²) in [6.07, 6.45) is 6.27. The highest BCUT2D eigenvalue weighted by atomic mass is 35.5. The summed E-state index contributed by atoms with van der Waals surface area (Å²) < 4.78 is 0. The second-order valence-electron chi connectivity index (χ2n) is 6.94. The van der Waals surface area contributed by atoms with E-state index in [4.69, 9.17) is 0 Å². The van der Waals surface area contributed by atoms with E-state index in [1.165, 1.54) is 12.8 Å². The molecule has 2 aliphatic rings. The fourth-order valence-electron chi connectivity index (χ4n) is 3.36. The molecule has 2 aliphatic heterocycles. The molecule has 2 N–H and O–H groups in total. The molecule has 1 amide bonds.